The van der Waals surface area contributed by atoms with Crippen molar-refractivity contribution in [2.75, 3.05) is 6.54 Å². The Hall–Kier alpha value is -1.40. The number of rotatable bonds is 3. The number of aryl methyl sites for hydroxylation is 1. The standard InChI is InChI=1S/C14H19NO4S/c1-10-5-3-4-6-13(10)20(18,19)15-8-7-12(14(16)17)9-11(15)2/h3-6,11-12H,7-9H2,1-2H3,(H,16,17). The van der Waals surface area contributed by atoms with Gasteiger partial charge in [-0.05, 0) is 38.3 Å². The predicted octanol–water partition coefficient (Wildman–Crippen LogP) is 1.87. The molecular formula is C14H19NO4S. The highest BCUT2D eigenvalue weighted by molar-refractivity contribution is 7.89. The fourth-order valence-electron chi connectivity index (χ4n) is 2.70. The second kappa shape index (κ2) is 5.54. The van der Waals surface area contributed by atoms with E-state index in [0.717, 1.165) is 0 Å². The van der Waals surface area contributed by atoms with E-state index in [0.29, 0.717) is 23.3 Å². The molecule has 0 spiro atoms. The fraction of sp³-hybridized carbons (Fsp3) is 0.500. The van der Waals surface area contributed by atoms with Crippen LogP contribution in [0.5, 0.6) is 0 Å². The van der Waals surface area contributed by atoms with Gasteiger partial charge in [0.1, 0.15) is 0 Å². The first-order valence-corrected chi connectivity index (χ1v) is 8.08. The summed E-state index contributed by atoms with van der Waals surface area (Å²) in [7, 11) is -3.55. The van der Waals surface area contributed by atoms with E-state index in [2.05, 4.69) is 0 Å². The van der Waals surface area contributed by atoms with E-state index in [1.54, 1.807) is 38.1 Å². The molecule has 6 heteroatoms. The van der Waals surface area contributed by atoms with Crippen LogP contribution in [0.4, 0.5) is 0 Å². The first-order valence-electron chi connectivity index (χ1n) is 6.64. The van der Waals surface area contributed by atoms with Gasteiger partial charge >= 0.3 is 5.97 Å². The molecule has 1 aromatic carbocycles. The van der Waals surface area contributed by atoms with Gasteiger partial charge in [0.05, 0.1) is 10.8 Å². The van der Waals surface area contributed by atoms with E-state index < -0.39 is 21.9 Å². The van der Waals surface area contributed by atoms with Crippen molar-refractivity contribution in [2.24, 2.45) is 5.92 Å². The minimum atomic E-state index is -3.55. The quantitative estimate of drug-likeness (QED) is 0.924. The Bertz CT molecular complexity index is 611. The zero-order valence-corrected chi connectivity index (χ0v) is 12.4. The minimum absolute atomic E-state index is 0.259. The van der Waals surface area contributed by atoms with E-state index in [4.69, 9.17) is 5.11 Å². The molecule has 20 heavy (non-hydrogen) atoms. The largest absolute Gasteiger partial charge is 0.481 e. The molecule has 2 atom stereocenters. The number of hydrogen-bond acceptors (Lipinski definition) is 3. The molecule has 0 bridgehead atoms. The predicted molar refractivity (Wildman–Crippen MR) is 74.9 cm³/mol. The highest BCUT2D eigenvalue weighted by atomic mass is 32.2. The molecule has 2 rings (SSSR count). The Labute approximate surface area is 119 Å². The molecule has 0 saturated carbocycles. The summed E-state index contributed by atoms with van der Waals surface area (Å²) >= 11 is 0. The third-order valence-electron chi connectivity index (χ3n) is 3.84. The Morgan fingerprint density at radius 1 is 1.35 bits per heavy atom. The molecule has 1 saturated heterocycles. The van der Waals surface area contributed by atoms with Crippen molar-refractivity contribution in [3.8, 4) is 0 Å². The topological polar surface area (TPSA) is 74.7 Å². The van der Waals surface area contributed by atoms with Crippen molar-refractivity contribution in [3.05, 3.63) is 29.8 Å². The molecule has 1 aliphatic rings. The summed E-state index contributed by atoms with van der Waals surface area (Å²) in [6, 6.07) is 6.57. The van der Waals surface area contributed by atoms with Gasteiger partial charge < -0.3 is 5.11 Å². The van der Waals surface area contributed by atoms with Crippen LogP contribution in [0, 0.1) is 12.8 Å². The van der Waals surface area contributed by atoms with Crippen LogP contribution in [0.2, 0.25) is 0 Å². The van der Waals surface area contributed by atoms with E-state index >= 15 is 0 Å². The molecule has 1 N–H and O–H groups in total. The van der Waals surface area contributed by atoms with Crippen molar-refractivity contribution in [3.63, 3.8) is 0 Å². The lowest BCUT2D eigenvalue weighted by Crippen LogP contribution is -2.46. The molecular weight excluding hydrogens is 278 g/mol. The van der Waals surface area contributed by atoms with Gasteiger partial charge in [-0.25, -0.2) is 8.42 Å². The van der Waals surface area contributed by atoms with Crippen molar-refractivity contribution >= 4 is 16.0 Å². The van der Waals surface area contributed by atoms with Gasteiger partial charge in [0.15, 0.2) is 0 Å². The summed E-state index contributed by atoms with van der Waals surface area (Å²) in [6.07, 6.45) is 0.727. The summed E-state index contributed by atoms with van der Waals surface area (Å²) < 4.78 is 26.8. The maximum atomic E-state index is 12.7. The van der Waals surface area contributed by atoms with E-state index in [-0.39, 0.29) is 12.6 Å². The Morgan fingerprint density at radius 2 is 2.00 bits per heavy atom. The summed E-state index contributed by atoms with van der Waals surface area (Å²) in [6.45, 7) is 3.79. The number of carboxylic acid groups (broad SMARTS) is 1. The number of sulfonamides is 1. The number of hydrogen-bond donors (Lipinski definition) is 1. The van der Waals surface area contributed by atoms with Crippen LogP contribution in [0.15, 0.2) is 29.2 Å². The summed E-state index contributed by atoms with van der Waals surface area (Å²) in [5, 5.41) is 9.04. The summed E-state index contributed by atoms with van der Waals surface area (Å²) in [5.74, 6) is -1.29. The Morgan fingerprint density at radius 3 is 2.55 bits per heavy atom. The van der Waals surface area contributed by atoms with E-state index in [1.165, 1.54) is 4.31 Å². The monoisotopic (exact) mass is 297 g/mol. The number of carbonyl (C=O) groups is 1. The van der Waals surface area contributed by atoms with Crippen molar-refractivity contribution in [1.29, 1.82) is 0 Å². The van der Waals surface area contributed by atoms with Crippen LogP contribution < -0.4 is 0 Å². The Kier molecular flexibility index (Phi) is 4.15. The lowest BCUT2D eigenvalue weighted by atomic mass is 9.93. The van der Waals surface area contributed by atoms with Crippen molar-refractivity contribution in [1.82, 2.24) is 4.31 Å². The second-order valence-electron chi connectivity index (χ2n) is 5.29. The van der Waals surface area contributed by atoms with Crippen LogP contribution in [0.25, 0.3) is 0 Å². The fourth-order valence-corrected chi connectivity index (χ4v) is 4.59. The van der Waals surface area contributed by atoms with Gasteiger partial charge in [-0.2, -0.15) is 4.31 Å². The normalized spacial score (nSPS) is 24.5. The lowest BCUT2D eigenvalue weighted by molar-refractivity contribution is -0.143. The smallest absolute Gasteiger partial charge is 0.306 e. The van der Waals surface area contributed by atoms with Gasteiger partial charge in [0.2, 0.25) is 10.0 Å². The first kappa shape index (κ1) is 15.0. The SMILES string of the molecule is Cc1ccccc1S(=O)(=O)N1CCC(C(=O)O)CC1C. The average molecular weight is 297 g/mol. The van der Waals surface area contributed by atoms with E-state index in [9.17, 15) is 13.2 Å². The number of piperidine rings is 1. The molecule has 1 aliphatic heterocycles. The molecule has 0 radical (unpaired) electrons. The van der Waals surface area contributed by atoms with Crippen molar-refractivity contribution < 1.29 is 18.3 Å². The minimum Gasteiger partial charge on any atom is -0.481 e. The molecule has 0 aromatic heterocycles. The highest BCUT2D eigenvalue weighted by Gasteiger charge is 2.37. The van der Waals surface area contributed by atoms with Crippen LogP contribution in [0.3, 0.4) is 0 Å². The zero-order valence-electron chi connectivity index (χ0n) is 11.6. The van der Waals surface area contributed by atoms with Crippen LogP contribution in [-0.2, 0) is 14.8 Å². The maximum Gasteiger partial charge on any atom is 0.306 e. The Balaban J connectivity index is 2.28. The third kappa shape index (κ3) is 2.71. The van der Waals surface area contributed by atoms with Gasteiger partial charge in [-0.15, -0.1) is 0 Å². The molecule has 1 aromatic rings. The molecule has 0 aliphatic carbocycles. The number of benzene rings is 1. The van der Waals surface area contributed by atoms with Gasteiger partial charge in [0, 0.05) is 12.6 Å². The van der Waals surface area contributed by atoms with Crippen LogP contribution in [-0.4, -0.2) is 36.4 Å². The zero-order chi connectivity index (χ0) is 14.9. The average Bonchev–Trinajstić information content (AvgIpc) is 2.38. The van der Waals surface area contributed by atoms with Gasteiger partial charge in [0.25, 0.3) is 0 Å². The molecule has 0 amide bonds. The molecule has 1 fully saturated rings. The lowest BCUT2D eigenvalue weighted by Gasteiger charge is -2.35. The third-order valence-corrected chi connectivity index (χ3v) is 6.02. The van der Waals surface area contributed by atoms with Gasteiger partial charge in [-0.3, -0.25) is 4.79 Å². The highest BCUT2D eigenvalue weighted by Crippen LogP contribution is 2.29. The van der Waals surface area contributed by atoms with Crippen LogP contribution >= 0.6 is 0 Å². The summed E-state index contributed by atoms with van der Waals surface area (Å²) in [4.78, 5) is 11.3. The van der Waals surface area contributed by atoms with Gasteiger partial charge in [-0.1, -0.05) is 18.2 Å². The second-order valence-corrected chi connectivity index (χ2v) is 7.15. The molecule has 110 valence electrons. The van der Waals surface area contributed by atoms with Crippen LogP contribution in [0.1, 0.15) is 25.3 Å². The molecule has 2 unspecified atom stereocenters. The van der Waals surface area contributed by atoms with Crippen molar-refractivity contribution in [2.45, 2.75) is 37.6 Å². The number of carboxylic acids is 1. The number of aliphatic carboxylic acids is 1. The van der Waals surface area contributed by atoms with E-state index in [1.807, 2.05) is 0 Å². The molecule has 5 nitrogen and oxygen atoms in total. The number of nitrogens with zero attached hydrogens (tertiary/aromatic N) is 1. The maximum absolute atomic E-state index is 12.7. The first-order chi connectivity index (χ1) is 9.34. The molecule has 1 heterocycles. The summed E-state index contributed by atoms with van der Waals surface area (Å²) in [5.41, 5.74) is 0.708.